The molecule has 12 aromatic carbocycles. The van der Waals surface area contributed by atoms with Gasteiger partial charge in [-0.1, -0.05) is 202 Å². The van der Waals surface area contributed by atoms with Crippen LogP contribution >= 0.6 is 0 Å². The molecule has 0 aliphatic heterocycles. The van der Waals surface area contributed by atoms with Gasteiger partial charge < -0.3 is 39.9 Å². The predicted octanol–water partition coefficient (Wildman–Crippen LogP) is 29.5. The zero-order valence-electron chi connectivity index (χ0n) is 83.6. The Kier molecular flexibility index (Phi) is 36.2. The number of nitrogens with zero attached hydrogens (tertiary/aromatic N) is 8. The normalized spacial score (nSPS) is 12.1. The maximum atomic E-state index is 13.7. The molecule has 0 amide bonds. The van der Waals surface area contributed by atoms with Crippen LogP contribution in [-0.2, 0) is 86.8 Å². The van der Waals surface area contributed by atoms with Crippen molar-refractivity contribution >= 4 is 0 Å². The third-order valence-corrected chi connectivity index (χ3v) is 19.3. The van der Waals surface area contributed by atoms with Crippen LogP contribution in [0, 0.1) is 68.1 Å². The molecule has 0 aliphatic carbocycles. The van der Waals surface area contributed by atoms with E-state index in [4.69, 9.17) is 16.4 Å². The van der Waals surface area contributed by atoms with E-state index < -0.39 is 38.6 Å². The van der Waals surface area contributed by atoms with Crippen LogP contribution in [0.3, 0.4) is 0 Å². The van der Waals surface area contributed by atoms with Gasteiger partial charge in [0.1, 0.15) is 5.82 Å². The maximum Gasteiger partial charge on any atom is 0.126 e. The number of hydrogen-bond acceptors (Lipinski definition) is 8. The van der Waals surface area contributed by atoms with E-state index in [1.807, 2.05) is 370 Å². The zero-order chi connectivity index (χ0) is 98.6. The van der Waals surface area contributed by atoms with Crippen LogP contribution in [0.4, 0.5) is 4.39 Å². The van der Waals surface area contributed by atoms with Crippen molar-refractivity contribution < 1.29 is 101 Å². The molecule has 8 aromatic heterocycles. The molecule has 20 rings (SSSR count). The first-order valence-corrected chi connectivity index (χ1v) is 41.1. The van der Waals surface area contributed by atoms with E-state index in [0.29, 0.717) is 22.3 Å². The number of hydrogen-bond donors (Lipinski definition) is 0. The fraction of sp³-hybridized carbons (Fsp3) is 0.0588. The number of aromatic nitrogens is 8. The van der Waals surface area contributed by atoms with Gasteiger partial charge in [0, 0.05) is 146 Å². The third kappa shape index (κ3) is 32.2. The number of pyridine rings is 8. The molecule has 1 unspecified atom stereocenters. The first kappa shape index (κ1) is 85.2. The molecule has 8 heterocycles. The van der Waals surface area contributed by atoms with E-state index in [-0.39, 0.29) is 86.0 Å². The van der Waals surface area contributed by atoms with Gasteiger partial charge in [0.2, 0.25) is 0 Å². The predicted molar refractivity (Wildman–Crippen MR) is 523 cm³/mol. The molecule has 4 radical (unpaired) electrons. The van der Waals surface area contributed by atoms with Crippen LogP contribution in [0.25, 0.3) is 135 Å². The van der Waals surface area contributed by atoms with Crippen molar-refractivity contribution in [1.29, 1.82) is 0 Å². The number of aryl methyl sites for hydroxylation is 3. The van der Waals surface area contributed by atoms with Crippen molar-refractivity contribution in [1.82, 2.24) is 39.9 Å². The Morgan fingerprint density at radius 2 is 0.523 bits per heavy atom. The molecular formula is C119H93FIr4N8-8. The second-order valence-corrected chi connectivity index (χ2v) is 28.1. The Hall–Kier alpha value is -13.6. The largest absolute Gasteiger partial charge is 0.305 e. The summed E-state index contributed by atoms with van der Waals surface area (Å²) in [6.45, 7) is -3.93. The summed E-state index contributed by atoms with van der Waals surface area (Å²) in [7, 11) is 0. The number of rotatable bonds is 14. The summed E-state index contributed by atoms with van der Waals surface area (Å²) in [5.74, 6) is -2.35. The van der Waals surface area contributed by atoms with E-state index in [1.165, 1.54) is 19.1 Å². The van der Waals surface area contributed by atoms with E-state index in [2.05, 4.69) is 88.4 Å². The molecule has 20 aromatic rings. The Morgan fingerprint density at radius 3 is 0.750 bits per heavy atom. The first-order valence-electron chi connectivity index (χ1n) is 47.1. The maximum absolute atomic E-state index is 13.7. The summed E-state index contributed by atoms with van der Waals surface area (Å²) in [6, 6.07) is 152. The Balaban J connectivity index is 0.000000186. The topological polar surface area (TPSA) is 103 Å². The van der Waals surface area contributed by atoms with E-state index >= 15 is 0 Å². The van der Waals surface area contributed by atoms with Crippen molar-refractivity contribution in [2.45, 2.75) is 46.7 Å². The van der Waals surface area contributed by atoms with Crippen LogP contribution in [-0.4, -0.2) is 39.9 Å². The molecule has 0 fully saturated rings. The molecule has 8 nitrogen and oxygen atoms in total. The third-order valence-electron chi connectivity index (χ3n) is 19.3. The monoisotopic (exact) mass is 2440 g/mol. The van der Waals surface area contributed by atoms with E-state index in [9.17, 15) is 4.39 Å². The second-order valence-electron chi connectivity index (χ2n) is 28.1. The minimum Gasteiger partial charge on any atom is -0.305 e. The molecule has 132 heavy (non-hydrogen) atoms. The van der Waals surface area contributed by atoms with Crippen LogP contribution < -0.4 is 0 Å². The van der Waals surface area contributed by atoms with Gasteiger partial charge in [-0.15, -0.1) is 287 Å². The van der Waals surface area contributed by atoms with Crippen molar-refractivity contribution in [3.63, 3.8) is 0 Å². The Bertz CT molecular complexity index is 6480. The number of halogens is 1. The van der Waals surface area contributed by atoms with Gasteiger partial charge in [-0.05, 0) is 169 Å². The molecule has 0 saturated carbocycles. The SMILES string of the molecule is [2H]C([2H])(C)c1ccc(-c2ccc(-c3[c-]cccc3)nc2)cc1.[2H]C([2H])([2H])C([2H])(C)c1ccc(-c2ccc(-c3[c-]cccc3)nc2)cc1.[2H]C([2H])([2H])c1cc(-c2ccc(-c3[c-]cccc3)nc2)ccc1F.[2H]C([2H])([2H])c1ccc(-c2ccc(-c3[c-]cccc3)nc2)cc1.[Ir].[Ir].[Ir].[Ir].[c-]1ccccc1-c1ccccn1.[c-]1ccccc1-c1ccccn1.[c-]1ccccc1-c1ccccn1.[c-]1ccccc1-c1ccccn1. The van der Waals surface area contributed by atoms with Gasteiger partial charge >= 0.3 is 0 Å². The fourth-order valence-corrected chi connectivity index (χ4v) is 12.5. The van der Waals surface area contributed by atoms with Crippen molar-refractivity contribution in [2.75, 3.05) is 0 Å². The summed E-state index contributed by atoms with van der Waals surface area (Å²) in [4.78, 5) is 34.7. The number of benzene rings is 12. The Labute approximate surface area is 848 Å². The molecule has 13 heteroatoms. The summed E-state index contributed by atoms with van der Waals surface area (Å²) in [5, 5.41) is 0. The second kappa shape index (κ2) is 56.1. The summed E-state index contributed by atoms with van der Waals surface area (Å²) < 4.78 is 104. The van der Waals surface area contributed by atoms with Crippen molar-refractivity contribution in [3.05, 3.63) is 533 Å². The average Bonchev–Trinajstić information content (AvgIpc) is 0.792. The van der Waals surface area contributed by atoms with Crippen molar-refractivity contribution in [2.24, 2.45) is 0 Å². The van der Waals surface area contributed by atoms with Crippen molar-refractivity contribution in [3.8, 4) is 135 Å². The molecular weight excluding hydrogens is 2330 g/mol. The minimum absolute atomic E-state index is 0. The average molecular weight is 2440 g/mol. The van der Waals surface area contributed by atoms with Crippen LogP contribution in [0.1, 0.15) is 65.3 Å². The molecule has 0 aliphatic rings. The zero-order valence-corrected chi connectivity index (χ0v) is 81.2. The quantitative estimate of drug-likeness (QED) is 0.0992. The van der Waals surface area contributed by atoms with Gasteiger partial charge in [-0.25, -0.2) is 4.39 Å². The Morgan fingerprint density at radius 1 is 0.273 bits per heavy atom. The van der Waals surface area contributed by atoms with Gasteiger partial charge in [0.05, 0.1) is 0 Å². The molecule has 0 spiro atoms. The minimum atomic E-state index is -2.48. The molecule has 1 atom stereocenters. The smallest absolute Gasteiger partial charge is 0.126 e. The van der Waals surface area contributed by atoms with Gasteiger partial charge in [0.25, 0.3) is 0 Å². The first-order chi connectivity index (χ1) is 67.7. The van der Waals surface area contributed by atoms with E-state index in [1.54, 1.807) is 80.6 Å². The van der Waals surface area contributed by atoms with E-state index in [0.717, 1.165) is 129 Å². The summed E-state index contributed by atoms with van der Waals surface area (Å²) in [5.41, 5.74) is 23.5. The summed E-state index contributed by atoms with van der Waals surface area (Å²) >= 11 is 0. The fourth-order valence-electron chi connectivity index (χ4n) is 12.5. The van der Waals surface area contributed by atoms with Crippen LogP contribution in [0.5, 0.6) is 0 Å². The summed E-state index contributed by atoms with van der Waals surface area (Å²) in [6.07, 6.45) is 12.9. The van der Waals surface area contributed by atoms with Crippen LogP contribution in [0.2, 0.25) is 0 Å². The van der Waals surface area contributed by atoms with Gasteiger partial charge in [-0.2, -0.15) is 0 Å². The molecule has 0 N–H and O–H groups in total. The van der Waals surface area contributed by atoms with Gasteiger partial charge in [0.15, 0.2) is 0 Å². The molecule has 660 valence electrons. The molecule has 0 bridgehead atoms. The van der Waals surface area contributed by atoms with Crippen LogP contribution in [0.15, 0.2) is 456 Å². The van der Waals surface area contributed by atoms with Gasteiger partial charge in [-0.3, -0.25) is 0 Å². The standard InChI is InChI=1S/C20H18N.C19H16N.C18H13FN.C18H14N.4C11H8N.4Ir/c1-15(2)16-8-10-17(11-9-16)19-12-13-20(21-14-19)18-6-4-3-5-7-18;1-2-15-8-10-16(11-9-15)18-12-13-19(20-14-18)17-6-4-3-5-7-17;1-13-11-15(7-9-17(13)19)16-8-10-18(20-12-16)14-5-3-2-4-6-14;1-14-7-9-15(10-8-14)17-11-12-18(19-13-17)16-5-3-2-4-6-16;4*1-2-6-10(7-3-1)11-8-4-5-9-12-11;;;;/h3-6,8-15H,1-2H3;3-6,8-14H,2H2,1H3;2-5,7-12H,1H3;2-5,7-13H,1H3;4*1-6,8-9H;;;;/q8*-1;;;;/i1D3,15D;2D2;2*1D3;;;;;;;;. The molecule has 0 saturated heterocycles.